The molecule has 1 N–H and O–H groups in total. The molecule has 0 spiro atoms. The quantitative estimate of drug-likeness (QED) is 0.859. The van der Waals surface area contributed by atoms with E-state index < -0.39 is 11.1 Å². The molecule has 0 saturated carbocycles. The Kier molecular flexibility index (Phi) is 6.45. The van der Waals surface area contributed by atoms with E-state index in [4.69, 9.17) is 4.74 Å². The van der Waals surface area contributed by atoms with Gasteiger partial charge in [-0.1, -0.05) is 13.8 Å². The van der Waals surface area contributed by atoms with E-state index in [1.807, 2.05) is 34.6 Å². The van der Waals surface area contributed by atoms with E-state index in [1.165, 1.54) is 0 Å². The molecule has 0 aliphatic carbocycles. The third-order valence-corrected chi connectivity index (χ3v) is 3.95. The molecular weight excluding hydrogens is 294 g/mol. The van der Waals surface area contributed by atoms with Crippen LogP contribution in [0.25, 0.3) is 0 Å². The summed E-state index contributed by atoms with van der Waals surface area (Å²) in [5.41, 5.74) is -1.06. The first-order chi connectivity index (χ1) is 10.4. The van der Waals surface area contributed by atoms with Crippen LogP contribution in [0.2, 0.25) is 0 Å². The lowest BCUT2D eigenvalue weighted by Gasteiger charge is -2.43. The van der Waals surface area contributed by atoms with Crippen molar-refractivity contribution in [1.29, 1.82) is 0 Å². The summed E-state index contributed by atoms with van der Waals surface area (Å²) < 4.78 is 5.40. The smallest absolute Gasteiger partial charge is 0.410 e. The maximum Gasteiger partial charge on any atom is 0.410 e. The first-order valence-electron chi connectivity index (χ1n) is 8.45. The third kappa shape index (κ3) is 6.01. The van der Waals surface area contributed by atoms with Gasteiger partial charge in [0, 0.05) is 32.7 Å². The number of hydrogen-bond donors (Lipinski definition) is 1. The van der Waals surface area contributed by atoms with Gasteiger partial charge in [-0.2, -0.15) is 0 Å². The molecule has 0 bridgehead atoms. The van der Waals surface area contributed by atoms with Crippen LogP contribution >= 0.6 is 0 Å². The van der Waals surface area contributed by atoms with Crippen LogP contribution in [-0.4, -0.2) is 65.7 Å². The predicted octanol–water partition coefficient (Wildman–Crippen LogP) is 2.09. The highest BCUT2D eigenvalue weighted by Crippen LogP contribution is 2.19. The van der Waals surface area contributed by atoms with Crippen molar-refractivity contribution in [2.24, 2.45) is 5.92 Å². The lowest BCUT2D eigenvalue weighted by atomic mass is 10.00. The van der Waals surface area contributed by atoms with Crippen molar-refractivity contribution in [3.63, 3.8) is 0 Å². The fourth-order valence-electron chi connectivity index (χ4n) is 2.43. The van der Waals surface area contributed by atoms with E-state index >= 15 is 0 Å². The van der Waals surface area contributed by atoms with Crippen LogP contribution in [0.5, 0.6) is 0 Å². The summed E-state index contributed by atoms with van der Waals surface area (Å²) in [4.78, 5) is 28.3. The molecule has 1 fully saturated rings. The van der Waals surface area contributed by atoms with Gasteiger partial charge < -0.3 is 15.0 Å². The highest BCUT2D eigenvalue weighted by Gasteiger charge is 2.37. The third-order valence-electron chi connectivity index (χ3n) is 3.95. The van der Waals surface area contributed by atoms with E-state index in [-0.39, 0.29) is 12.0 Å². The highest BCUT2D eigenvalue weighted by molar-refractivity contribution is 5.85. The largest absolute Gasteiger partial charge is 0.444 e. The van der Waals surface area contributed by atoms with Gasteiger partial charge in [0.25, 0.3) is 0 Å². The number of carbonyl (C=O) groups excluding carboxylic acids is 2. The highest BCUT2D eigenvalue weighted by atomic mass is 16.6. The molecule has 1 aliphatic heterocycles. The van der Waals surface area contributed by atoms with Crippen LogP contribution < -0.4 is 5.32 Å². The lowest BCUT2D eigenvalue weighted by Crippen LogP contribution is -2.61. The van der Waals surface area contributed by atoms with Gasteiger partial charge in [0.1, 0.15) is 5.60 Å². The molecule has 1 rings (SSSR count). The topological polar surface area (TPSA) is 61.9 Å². The first kappa shape index (κ1) is 19.7. The second-order valence-corrected chi connectivity index (χ2v) is 8.12. The van der Waals surface area contributed by atoms with Crippen LogP contribution in [0.1, 0.15) is 48.5 Å². The van der Waals surface area contributed by atoms with Gasteiger partial charge in [-0.05, 0) is 40.5 Å². The number of carbonyl (C=O) groups is 2. The Morgan fingerprint density at radius 3 is 2.00 bits per heavy atom. The number of nitrogens with one attached hydrogen (secondary N) is 1. The standard InChI is InChI=1S/C17H33N3O3/c1-13(2)12-18-14(21)17(6,7)20-10-8-19(9-11-20)15(22)23-16(3,4)5/h13H,8-12H2,1-7H3,(H,18,21). The maximum absolute atomic E-state index is 12.4. The Labute approximate surface area is 140 Å². The van der Waals surface area contributed by atoms with Crippen LogP contribution in [0.4, 0.5) is 4.79 Å². The Morgan fingerprint density at radius 1 is 1.04 bits per heavy atom. The van der Waals surface area contributed by atoms with Crippen molar-refractivity contribution < 1.29 is 14.3 Å². The fraction of sp³-hybridized carbons (Fsp3) is 0.882. The van der Waals surface area contributed by atoms with E-state index in [9.17, 15) is 9.59 Å². The van der Waals surface area contributed by atoms with Crippen molar-refractivity contribution in [2.75, 3.05) is 32.7 Å². The molecule has 0 radical (unpaired) electrons. The molecule has 134 valence electrons. The number of amides is 2. The Hall–Kier alpha value is -1.30. The fourth-order valence-corrected chi connectivity index (χ4v) is 2.43. The predicted molar refractivity (Wildman–Crippen MR) is 91.3 cm³/mol. The van der Waals surface area contributed by atoms with Crippen molar-refractivity contribution in [3.05, 3.63) is 0 Å². The van der Waals surface area contributed by atoms with Gasteiger partial charge in [-0.25, -0.2) is 4.79 Å². The number of ether oxygens (including phenoxy) is 1. The molecule has 6 nitrogen and oxygen atoms in total. The number of rotatable bonds is 4. The molecule has 0 atom stereocenters. The lowest BCUT2D eigenvalue weighted by molar-refractivity contribution is -0.132. The summed E-state index contributed by atoms with van der Waals surface area (Å²) in [6.45, 7) is 16.8. The second kappa shape index (κ2) is 7.51. The molecule has 0 aromatic heterocycles. The summed E-state index contributed by atoms with van der Waals surface area (Å²) in [5, 5.41) is 3.00. The molecule has 0 aromatic rings. The number of piperazine rings is 1. The van der Waals surface area contributed by atoms with Gasteiger partial charge in [-0.3, -0.25) is 9.69 Å². The van der Waals surface area contributed by atoms with E-state index in [0.29, 0.717) is 38.6 Å². The summed E-state index contributed by atoms with van der Waals surface area (Å²) in [5.74, 6) is 0.468. The van der Waals surface area contributed by atoms with Crippen LogP contribution in [0.15, 0.2) is 0 Å². The zero-order chi connectivity index (χ0) is 17.8. The zero-order valence-electron chi connectivity index (χ0n) is 15.7. The minimum Gasteiger partial charge on any atom is -0.444 e. The first-order valence-corrected chi connectivity index (χ1v) is 8.45. The van der Waals surface area contributed by atoms with Crippen molar-refractivity contribution in [1.82, 2.24) is 15.1 Å². The Morgan fingerprint density at radius 2 is 1.57 bits per heavy atom. The van der Waals surface area contributed by atoms with Gasteiger partial charge in [0.2, 0.25) is 5.91 Å². The molecule has 0 aromatic carbocycles. The minimum atomic E-state index is -0.574. The molecule has 0 unspecified atom stereocenters. The number of hydrogen-bond acceptors (Lipinski definition) is 4. The molecule has 23 heavy (non-hydrogen) atoms. The van der Waals surface area contributed by atoms with Crippen molar-refractivity contribution >= 4 is 12.0 Å². The second-order valence-electron chi connectivity index (χ2n) is 8.12. The van der Waals surface area contributed by atoms with E-state index in [0.717, 1.165) is 0 Å². The Balaban J connectivity index is 2.54. The van der Waals surface area contributed by atoms with Crippen LogP contribution in [-0.2, 0) is 9.53 Å². The van der Waals surface area contributed by atoms with Crippen LogP contribution in [0.3, 0.4) is 0 Å². The normalized spacial score (nSPS) is 17.3. The molecule has 6 heteroatoms. The summed E-state index contributed by atoms with van der Waals surface area (Å²) >= 11 is 0. The maximum atomic E-state index is 12.4. The van der Waals surface area contributed by atoms with E-state index in [2.05, 4.69) is 24.1 Å². The van der Waals surface area contributed by atoms with Crippen molar-refractivity contribution in [2.45, 2.75) is 59.6 Å². The van der Waals surface area contributed by atoms with Crippen molar-refractivity contribution in [3.8, 4) is 0 Å². The van der Waals surface area contributed by atoms with E-state index in [1.54, 1.807) is 4.90 Å². The molecule has 1 heterocycles. The minimum absolute atomic E-state index is 0.0388. The molecule has 1 saturated heterocycles. The average Bonchev–Trinajstić information content (AvgIpc) is 2.42. The zero-order valence-corrected chi connectivity index (χ0v) is 15.7. The summed E-state index contributed by atoms with van der Waals surface area (Å²) in [7, 11) is 0. The Bertz CT molecular complexity index is 419. The van der Waals surface area contributed by atoms with Gasteiger partial charge in [0.15, 0.2) is 0 Å². The van der Waals surface area contributed by atoms with Gasteiger partial charge in [-0.15, -0.1) is 0 Å². The average molecular weight is 327 g/mol. The monoisotopic (exact) mass is 327 g/mol. The van der Waals surface area contributed by atoms with Gasteiger partial charge in [0.05, 0.1) is 5.54 Å². The van der Waals surface area contributed by atoms with Crippen LogP contribution in [0, 0.1) is 5.92 Å². The molecular formula is C17H33N3O3. The molecule has 2 amide bonds. The SMILES string of the molecule is CC(C)CNC(=O)C(C)(C)N1CCN(C(=O)OC(C)(C)C)CC1. The summed E-state index contributed by atoms with van der Waals surface area (Å²) in [6.07, 6.45) is -0.279. The summed E-state index contributed by atoms with van der Waals surface area (Å²) in [6, 6.07) is 0. The molecule has 1 aliphatic rings. The number of nitrogens with zero attached hydrogens (tertiary/aromatic N) is 2. The van der Waals surface area contributed by atoms with Gasteiger partial charge >= 0.3 is 6.09 Å².